The predicted molar refractivity (Wildman–Crippen MR) is 75.6 cm³/mol. The van der Waals surface area contributed by atoms with Gasteiger partial charge < -0.3 is 15.5 Å². The lowest BCUT2D eigenvalue weighted by Crippen LogP contribution is -2.44. The molecular weight excluding hydrogens is 226 g/mol. The average Bonchev–Trinajstić information content (AvgIpc) is 2.31. The Bertz CT molecular complexity index is 235. The van der Waals surface area contributed by atoms with E-state index in [2.05, 4.69) is 29.4 Å². The van der Waals surface area contributed by atoms with Gasteiger partial charge in [-0.15, -0.1) is 0 Å². The van der Waals surface area contributed by atoms with Crippen LogP contribution in [0.2, 0.25) is 0 Å². The molecule has 0 radical (unpaired) electrons. The average molecular weight is 255 g/mol. The zero-order chi connectivity index (χ0) is 13.4. The standard InChI is InChI=1S/C14H29N3O/c1-4-15-14(18)5-8-16-13-6-9-17(10-7-13)11-12(2)3/h12-13,16H,4-11H2,1-3H3,(H,15,18). The lowest BCUT2D eigenvalue weighted by molar-refractivity contribution is -0.120. The van der Waals surface area contributed by atoms with Crippen LogP contribution in [-0.2, 0) is 4.79 Å². The molecule has 0 spiro atoms. The van der Waals surface area contributed by atoms with Gasteiger partial charge in [0.15, 0.2) is 0 Å². The number of nitrogens with one attached hydrogen (secondary N) is 2. The highest BCUT2D eigenvalue weighted by Gasteiger charge is 2.18. The molecule has 1 aliphatic heterocycles. The predicted octanol–water partition coefficient (Wildman–Crippen LogP) is 1.22. The summed E-state index contributed by atoms with van der Waals surface area (Å²) in [4.78, 5) is 13.8. The molecule has 1 heterocycles. The van der Waals surface area contributed by atoms with E-state index < -0.39 is 0 Å². The summed E-state index contributed by atoms with van der Waals surface area (Å²) in [5.41, 5.74) is 0. The summed E-state index contributed by atoms with van der Waals surface area (Å²) < 4.78 is 0. The molecule has 0 unspecified atom stereocenters. The Morgan fingerprint density at radius 3 is 2.56 bits per heavy atom. The maximum absolute atomic E-state index is 11.3. The van der Waals surface area contributed by atoms with Crippen molar-refractivity contribution in [2.45, 2.75) is 46.1 Å². The summed E-state index contributed by atoms with van der Waals surface area (Å²) in [5, 5.41) is 6.32. The fourth-order valence-electron chi connectivity index (χ4n) is 2.51. The molecule has 1 fully saturated rings. The molecule has 0 saturated carbocycles. The highest BCUT2D eigenvalue weighted by atomic mass is 16.1. The first kappa shape index (κ1) is 15.4. The van der Waals surface area contributed by atoms with Crippen LogP contribution in [0.5, 0.6) is 0 Å². The molecule has 106 valence electrons. The van der Waals surface area contributed by atoms with Crippen LogP contribution in [0.1, 0.15) is 40.0 Å². The van der Waals surface area contributed by atoms with Crippen LogP contribution in [0.25, 0.3) is 0 Å². The first-order chi connectivity index (χ1) is 8.61. The molecule has 0 aromatic rings. The van der Waals surface area contributed by atoms with Crippen molar-refractivity contribution in [2.75, 3.05) is 32.7 Å². The van der Waals surface area contributed by atoms with Gasteiger partial charge >= 0.3 is 0 Å². The molecule has 0 aromatic carbocycles. The van der Waals surface area contributed by atoms with Crippen molar-refractivity contribution in [2.24, 2.45) is 5.92 Å². The van der Waals surface area contributed by atoms with Crippen molar-refractivity contribution in [1.82, 2.24) is 15.5 Å². The minimum Gasteiger partial charge on any atom is -0.356 e. The Balaban J connectivity index is 2.07. The van der Waals surface area contributed by atoms with Crippen LogP contribution in [0, 0.1) is 5.92 Å². The molecule has 1 saturated heterocycles. The summed E-state index contributed by atoms with van der Waals surface area (Å²) in [5.74, 6) is 0.912. The maximum atomic E-state index is 11.3. The minimum absolute atomic E-state index is 0.155. The fourth-order valence-corrected chi connectivity index (χ4v) is 2.51. The van der Waals surface area contributed by atoms with Crippen molar-refractivity contribution in [3.8, 4) is 0 Å². The number of carbonyl (C=O) groups excluding carboxylic acids is 1. The second kappa shape index (κ2) is 8.48. The van der Waals surface area contributed by atoms with Crippen LogP contribution in [-0.4, -0.2) is 49.6 Å². The van der Waals surface area contributed by atoms with Crippen LogP contribution in [0.15, 0.2) is 0 Å². The van der Waals surface area contributed by atoms with E-state index in [4.69, 9.17) is 0 Å². The van der Waals surface area contributed by atoms with E-state index in [1.54, 1.807) is 0 Å². The van der Waals surface area contributed by atoms with E-state index in [0.29, 0.717) is 12.5 Å². The molecule has 18 heavy (non-hydrogen) atoms. The van der Waals surface area contributed by atoms with Crippen LogP contribution >= 0.6 is 0 Å². The number of likely N-dealkylation sites (tertiary alicyclic amines) is 1. The fraction of sp³-hybridized carbons (Fsp3) is 0.929. The van der Waals surface area contributed by atoms with Gasteiger partial charge in [0.05, 0.1) is 0 Å². The zero-order valence-corrected chi connectivity index (χ0v) is 12.2. The number of nitrogens with zero attached hydrogens (tertiary/aromatic N) is 1. The highest BCUT2D eigenvalue weighted by molar-refractivity contribution is 5.75. The Labute approximate surface area is 111 Å². The smallest absolute Gasteiger partial charge is 0.221 e. The Kier molecular flexibility index (Phi) is 7.28. The molecule has 1 rings (SSSR count). The van der Waals surface area contributed by atoms with Gasteiger partial charge in [-0.2, -0.15) is 0 Å². The summed E-state index contributed by atoms with van der Waals surface area (Å²) in [6.45, 7) is 11.6. The topological polar surface area (TPSA) is 44.4 Å². The molecule has 0 bridgehead atoms. The van der Waals surface area contributed by atoms with Gasteiger partial charge in [-0.1, -0.05) is 13.8 Å². The Morgan fingerprint density at radius 1 is 1.33 bits per heavy atom. The first-order valence-corrected chi connectivity index (χ1v) is 7.34. The maximum Gasteiger partial charge on any atom is 0.221 e. The van der Waals surface area contributed by atoms with E-state index in [1.165, 1.54) is 32.5 Å². The molecule has 1 amide bonds. The second-order valence-corrected chi connectivity index (χ2v) is 5.63. The van der Waals surface area contributed by atoms with Crippen molar-refractivity contribution in [3.63, 3.8) is 0 Å². The SMILES string of the molecule is CCNC(=O)CCNC1CCN(CC(C)C)CC1. The van der Waals surface area contributed by atoms with E-state index in [-0.39, 0.29) is 5.91 Å². The van der Waals surface area contributed by atoms with Gasteiger partial charge in [0.1, 0.15) is 0 Å². The van der Waals surface area contributed by atoms with Gasteiger partial charge in [0, 0.05) is 32.1 Å². The molecule has 2 N–H and O–H groups in total. The van der Waals surface area contributed by atoms with E-state index in [0.717, 1.165) is 19.0 Å². The lowest BCUT2D eigenvalue weighted by atomic mass is 10.0. The van der Waals surface area contributed by atoms with Crippen molar-refractivity contribution in [1.29, 1.82) is 0 Å². The van der Waals surface area contributed by atoms with Crippen molar-refractivity contribution >= 4 is 5.91 Å². The summed E-state index contributed by atoms with van der Waals surface area (Å²) in [7, 11) is 0. The van der Waals surface area contributed by atoms with Gasteiger partial charge in [0.25, 0.3) is 0 Å². The van der Waals surface area contributed by atoms with E-state index in [9.17, 15) is 4.79 Å². The number of carbonyl (C=O) groups is 1. The first-order valence-electron chi connectivity index (χ1n) is 7.34. The van der Waals surface area contributed by atoms with E-state index in [1.807, 2.05) is 6.92 Å². The largest absolute Gasteiger partial charge is 0.356 e. The third kappa shape index (κ3) is 6.36. The number of hydrogen-bond acceptors (Lipinski definition) is 3. The van der Waals surface area contributed by atoms with Crippen molar-refractivity contribution in [3.05, 3.63) is 0 Å². The Morgan fingerprint density at radius 2 is 2.00 bits per heavy atom. The third-order valence-corrected chi connectivity index (χ3v) is 3.37. The molecular formula is C14H29N3O. The number of piperidine rings is 1. The molecule has 0 atom stereocenters. The molecule has 4 nitrogen and oxygen atoms in total. The van der Waals surface area contributed by atoms with Gasteiger partial charge in [0.2, 0.25) is 5.91 Å². The van der Waals surface area contributed by atoms with Gasteiger partial charge in [-0.25, -0.2) is 0 Å². The third-order valence-electron chi connectivity index (χ3n) is 3.37. The summed E-state index contributed by atoms with van der Waals surface area (Å²) in [6.07, 6.45) is 3.02. The van der Waals surface area contributed by atoms with Gasteiger partial charge in [-0.3, -0.25) is 4.79 Å². The molecule has 4 heteroatoms. The number of amides is 1. The lowest BCUT2D eigenvalue weighted by Gasteiger charge is -2.33. The number of rotatable bonds is 7. The van der Waals surface area contributed by atoms with Crippen LogP contribution in [0.3, 0.4) is 0 Å². The molecule has 0 aromatic heterocycles. The second-order valence-electron chi connectivity index (χ2n) is 5.63. The normalized spacial score (nSPS) is 18.2. The number of hydrogen-bond donors (Lipinski definition) is 2. The monoisotopic (exact) mass is 255 g/mol. The van der Waals surface area contributed by atoms with Crippen molar-refractivity contribution < 1.29 is 4.79 Å². The van der Waals surface area contributed by atoms with E-state index >= 15 is 0 Å². The summed E-state index contributed by atoms with van der Waals surface area (Å²) >= 11 is 0. The quantitative estimate of drug-likeness (QED) is 0.719. The zero-order valence-electron chi connectivity index (χ0n) is 12.2. The Hall–Kier alpha value is -0.610. The highest BCUT2D eigenvalue weighted by Crippen LogP contribution is 2.11. The molecule has 0 aliphatic carbocycles. The molecule has 1 aliphatic rings. The van der Waals surface area contributed by atoms with Crippen LogP contribution in [0.4, 0.5) is 0 Å². The minimum atomic E-state index is 0.155. The van der Waals surface area contributed by atoms with Crippen LogP contribution < -0.4 is 10.6 Å². The van der Waals surface area contributed by atoms with Gasteiger partial charge in [-0.05, 0) is 38.8 Å². The summed E-state index contributed by atoms with van der Waals surface area (Å²) in [6, 6.07) is 0.600.